The van der Waals surface area contributed by atoms with Crippen molar-refractivity contribution in [1.29, 1.82) is 0 Å². The van der Waals surface area contributed by atoms with Gasteiger partial charge in [-0.15, -0.1) is 0 Å². The van der Waals surface area contributed by atoms with Crippen LogP contribution in [0.15, 0.2) is 12.4 Å². The Morgan fingerprint density at radius 3 is 2.92 bits per heavy atom. The number of fused-ring (bicyclic) bond motifs is 1. The molecule has 0 aromatic carbocycles. The number of nitrogens with one attached hydrogen (secondary N) is 2. The lowest BCUT2D eigenvalue weighted by atomic mass is 9.99. The zero-order valence-electron chi connectivity index (χ0n) is 14.6. The number of carbonyl (C=O) groups excluding carboxylic acids is 1. The van der Waals surface area contributed by atoms with Gasteiger partial charge in [0.1, 0.15) is 5.82 Å². The molecule has 0 aliphatic carbocycles. The van der Waals surface area contributed by atoms with E-state index in [1.165, 1.54) is 0 Å². The molecule has 0 saturated heterocycles. The molecule has 10 heteroatoms. The van der Waals surface area contributed by atoms with E-state index in [4.69, 9.17) is 0 Å². The van der Waals surface area contributed by atoms with Gasteiger partial charge in [0.05, 0.1) is 6.20 Å². The van der Waals surface area contributed by atoms with Gasteiger partial charge in [0.25, 0.3) is 0 Å². The van der Waals surface area contributed by atoms with Crippen molar-refractivity contribution >= 4 is 6.03 Å². The number of aromatic nitrogens is 4. The van der Waals surface area contributed by atoms with E-state index in [2.05, 4.69) is 20.5 Å². The molecule has 2 aromatic heterocycles. The summed E-state index contributed by atoms with van der Waals surface area (Å²) in [6.07, 6.45) is -0.530. The first kappa shape index (κ1) is 18.3. The monoisotopic (exact) mass is 370 g/mol. The van der Waals surface area contributed by atoms with Crippen molar-refractivity contribution in [3.05, 3.63) is 35.2 Å². The summed E-state index contributed by atoms with van der Waals surface area (Å²) in [4.78, 5) is 17.5. The largest absolute Gasteiger partial charge is 0.434 e. The van der Waals surface area contributed by atoms with Crippen molar-refractivity contribution in [3.8, 4) is 0 Å². The lowest BCUT2D eigenvalue weighted by Gasteiger charge is -2.28. The minimum absolute atomic E-state index is 0.0872. The standard InChI is InChI=1S/C16H21F3N6O/c1-10-12(6-21-23-10)5-20-15(26)24(2)7-11-3-4-14-22-13(16(17,18)19)9-25(14)8-11/h6,9,11H,3-5,7-8H2,1-2H3,(H,20,26)(H,21,23). The number of halogens is 3. The molecule has 3 rings (SSSR count). The highest BCUT2D eigenvalue weighted by molar-refractivity contribution is 5.73. The molecule has 1 atom stereocenters. The maximum atomic E-state index is 12.8. The third-order valence-corrected chi connectivity index (χ3v) is 4.62. The van der Waals surface area contributed by atoms with E-state index in [1.807, 2.05) is 6.92 Å². The molecule has 2 amide bonds. The topological polar surface area (TPSA) is 78.8 Å². The van der Waals surface area contributed by atoms with E-state index in [9.17, 15) is 18.0 Å². The molecule has 0 saturated carbocycles. The predicted molar refractivity (Wildman–Crippen MR) is 87.2 cm³/mol. The van der Waals surface area contributed by atoms with Crippen LogP contribution in [0.2, 0.25) is 0 Å². The molecule has 1 aliphatic heterocycles. The fourth-order valence-corrected chi connectivity index (χ4v) is 3.13. The number of amides is 2. The maximum Gasteiger partial charge on any atom is 0.434 e. The lowest BCUT2D eigenvalue weighted by molar-refractivity contribution is -0.141. The number of rotatable bonds is 4. The number of aromatic amines is 1. The van der Waals surface area contributed by atoms with Crippen LogP contribution in [-0.2, 0) is 25.7 Å². The van der Waals surface area contributed by atoms with Gasteiger partial charge < -0.3 is 14.8 Å². The molecule has 0 radical (unpaired) electrons. The Kier molecular flexibility index (Phi) is 4.92. The predicted octanol–water partition coefficient (Wildman–Crippen LogP) is 2.34. The number of H-pyrrole nitrogens is 1. The van der Waals surface area contributed by atoms with Gasteiger partial charge >= 0.3 is 12.2 Å². The highest BCUT2D eigenvalue weighted by Crippen LogP contribution is 2.30. The third kappa shape index (κ3) is 4.00. The van der Waals surface area contributed by atoms with Gasteiger partial charge in [0.2, 0.25) is 0 Å². The maximum absolute atomic E-state index is 12.8. The molecule has 2 aromatic rings. The van der Waals surface area contributed by atoms with Gasteiger partial charge in [-0.2, -0.15) is 18.3 Å². The summed E-state index contributed by atoms with van der Waals surface area (Å²) in [5.41, 5.74) is 0.954. The molecule has 0 bridgehead atoms. The van der Waals surface area contributed by atoms with Crippen molar-refractivity contribution < 1.29 is 18.0 Å². The number of imidazole rings is 1. The zero-order valence-corrected chi connectivity index (χ0v) is 14.6. The lowest BCUT2D eigenvalue weighted by Crippen LogP contribution is -2.41. The Balaban J connectivity index is 1.53. The molecular weight excluding hydrogens is 349 g/mol. The summed E-state index contributed by atoms with van der Waals surface area (Å²) < 4.78 is 39.9. The van der Waals surface area contributed by atoms with Gasteiger partial charge in [-0.1, -0.05) is 0 Å². The third-order valence-electron chi connectivity index (χ3n) is 4.62. The number of hydrogen-bond acceptors (Lipinski definition) is 3. The van der Waals surface area contributed by atoms with Crippen LogP contribution in [0.5, 0.6) is 0 Å². The molecule has 1 aliphatic rings. The Bertz CT molecular complexity index is 781. The smallest absolute Gasteiger partial charge is 0.334 e. The van der Waals surface area contributed by atoms with Gasteiger partial charge in [-0.05, 0) is 19.3 Å². The summed E-state index contributed by atoms with van der Waals surface area (Å²) >= 11 is 0. The van der Waals surface area contributed by atoms with Crippen LogP contribution in [0.1, 0.15) is 29.2 Å². The highest BCUT2D eigenvalue weighted by Gasteiger charge is 2.36. The zero-order chi connectivity index (χ0) is 18.9. The Hall–Kier alpha value is -2.52. The quantitative estimate of drug-likeness (QED) is 0.867. The number of hydrogen-bond donors (Lipinski definition) is 2. The Morgan fingerprint density at radius 1 is 1.50 bits per heavy atom. The summed E-state index contributed by atoms with van der Waals surface area (Å²) in [7, 11) is 1.68. The second kappa shape index (κ2) is 7.00. The van der Waals surface area contributed by atoms with Crippen LogP contribution in [0.25, 0.3) is 0 Å². The van der Waals surface area contributed by atoms with Crippen molar-refractivity contribution in [2.75, 3.05) is 13.6 Å². The second-order valence-corrected chi connectivity index (χ2v) is 6.66. The molecule has 0 fully saturated rings. The van der Waals surface area contributed by atoms with E-state index in [-0.39, 0.29) is 11.9 Å². The van der Waals surface area contributed by atoms with Gasteiger partial charge in [0.15, 0.2) is 5.69 Å². The summed E-state index contributed by atoms with van der Waals surface area (Å²) in [5, 5.41) is 9.52. The summed E-state index contributed by atoms with van der Waals surface area (Å²) in [6, 6.07) is -0.224. The van der Waals surface area contributed by atoms with Gasteiger partial charge in [-0.25, -0.2) is 9.78 Å². The molecule has 3 heterocycles. The minimum atomic E-state index is -4.43. The van der Waals surface area contributed by atoms with Crippen molar-refractivity contribution in [3.63, 3.8) is 0 Å². The Labute approximate surface area is 148 Å². The van der Waals surface area contributed by atoms with Crippen LogP contribution >= 0.6 is 0 Å². The van der Waals surface area contributed by atoms with E-state index in [0.717, 1.165) is 17.5 Å². The molecule has 1 unspecified atom stereocenters. The van der Waals surface area contributed by atoms with Crippen LogP contribution in [0.4, 0.5) is 18.0 Å². The number of carbonyl (C=O) groups is 1. The molecule has 7 nitrogen and oxygen atoms in total. The van der Waals surface area contributed by atoms with E-state index in [1.54, 1.807) is 22.7 Å². The first-order valence-electron chi connectivity index (χ1n) is 8.35. The second-order valence-electron chi connectivity index (χ2n) is 6.66. The molecule has 142 valence electrons. The van der Waals surface area contributed by atoms with Gasteiger partial charge in [0, 0.05) is 50.6 Å². The number of nitrogens with zero attached hydrogens (tertiary/aromatic N) is 4. The van der Waals surface area contributed by atoms with Crippen molar-refractivity contribution in [1.82, 2.24) is 30.0 Å². The van der Waals surface area contributed by atoms with E-state index in [0.29, 0.717) is 38.3 Å². The Morgan fingerprint density at radius 2 is 2.27 bits per heavy atom. The average Bonchev–Trinajstić information content (AvgIpc) is 3.17. The number of alkyl halides is 3. The summed E-state index contributed by atoms with van der Waals surface area (Å²) in [6.45, 7) is 3.14. The fraction of sp³-hybridized carbons (Fsp3) is 0.562. The molecular formula is C16H21F3N6O. The average molecular weight is 370 g/mol. The van der Waals surface area contributed by atoms with E-state index >= 15 is 0 Å². The van der Waals surface area contributed by atoms with E-state index < -0.39 is 11.9 Å². The molecule has 26 heavy (non-hydrogen) atoms. The number of urea groups is 1. The molecule has 2 N–H and O–H groups in total. The van der Waals surface area contributed by atoms with Crippen LogP contribution < -0.4 is 5.32 Å². The van der Waals surface area contributed by atoms with Crippen LogP contribution in [0, 0.1) is 12.8 Å². The summed E-state index contributed by atoms with van der Waals surface area (Å²) in [5.74, 6) is 0.542. The van der Waals surface area contributed by atoms with Crippen LogP contribution in [0.3, 0.4) is 0 Å². The minimum Gasteiger partial charge on any atom is -0.334 e. The highest BCUT2D eigenvalue weighted by atomic mass is 19.4. The first-order valence-corrected chi connectivity index (χ1v) is 8.35. The van der Waals surface area contributed by atoms with Crippen molar-refractivity contribution in [2.45, 2.75) is 39.0 Å². The van der Waals surface area contributed by atoms with Crippen molar-refractivity contribution in [2.24, 2.45) is 5.92 Å². The van der Waals surface area contributed by atoms with Gasteiger partial charge in [-0.3, -0.25) is 5.10 Å². The normalized spacial score (nSPS) is 17.0. The number of aryl methyl sites for hydroxylation is 2. The first-order chi connectivity index (χ1) is 12.2. The fourth-order valence-electron chi connectivity index (χ4n) is 3.13. The molecule has 0 spiro atoms. The SMILES string of the molecule is Cc1[nH]ncc1CNC(=O)N(C)CC1CCc2nc(C(F)(F)F)cn2C1. The van der Waals surface area contributed by atoms with Crippen LogP contribution in [-0.4, -0.2) is 44.3 Å².